The van der Waals surface area contributed by atoms with Gasteiger partial charge < -0.3 is 19.1 Å². The first-order valence-corrected chi connectivity index (χ1v) is 10.2. The zero-order valence-corrected chi connectivity index (χ0v) is 16.2. The molecule has 0 radical (unpaired) electrons. The highest BCUT2D eigenvalue weighted by atomic mass is 16.3. The van der Waals surface area contributed by atoms with Crippen LogP contribution in [0.1, 0.15) is 24.4 Å². The van der Waals surface area contributed by atoms with E-state index in [9.17, 15) is 4.79 Å². The summed E-state index contributed by atoms with van der Waals surface area (Å²) < 4.78 is 5.70. The van der Waals surface area contributed by atoms with E-state index in [0.29, 0.717) is 5.91 Å². The van der Waals surface area contributed by atoms with Gasteiger partial charge >= 0.3 is 0 Å². The van der Waals surface area contributed by atoms with Gasteiger partial charge in [-0.25, -0.2) is 0 Å². The average molecular weight is 369 g/mol. The number of hydrogen-bond donors (Lipinski definition) is 1. The first-order chi connectivity index (χ1) is 13.2. The Bertz CT molecular complexity index is 742. The molecule has 0 saturated carbocycles. The summed E-state index contributed by atoms with van der Waals surface area (Å²) in [6.07, 6.45) is 1.99. The summed E-state index contributed by atoms with van der Waals surface area (Å²) >= 11 is 0. The van der Waals surface area contributed by atoms with Crippen molar-refractivity contribution in [3.05, 3.63) is 54.0 Å². The summed E-state index contributed by atoms with van der Waals surface area (Å²) in [4.78, 5) is 18.9. The molecule has 0 unspecified atom stereocenters. The number of amides is 1. The Balaban J connectivity index is 1.24. The second-order valence-corrected chi connectivity index (χ2v) is 7.86. The highest BCUT2D eigenvalue weighted by molar-refractivity contribution is 5.79. The number of benzene rings is 1. The maximum absolute atomic E-state index is 12.9. The summed E-state index contributed by atoms with van der Waals surface area (Å²) in [6.45, 7) is 8.57. The standard InChI is InChI=1S/C22H29N3O2/c1-18-7-8-21(27-18)17-23-11-9-19(10-12-23)22(26)25-15-13-24(14-16-25)20-5-3-2-4-6-20/h2-8,19H,9-17H2,1H3/p+1. The Labute approximate surface area is 161 Å². The number of carbonyl (C=O) groups is 1. The number of piperidine rings is 1. The van der Waals surface area contributed by atoms with Crippen LogP contribution in [0.2, 0.25) is 0 Å². The molecule has 2 fully saturated rings. The van der Waals surface area contributed by atoms with E-state index in [1.165, 1.54) is 10.6 Å². The van der Waals surface area contributed by atoms with Crippen LogP contribution in [0, 0.1) is 12.8 Å². The highest BCUT2D eigenvalue weighted by Gasteiger charge is 2.32. The fraction of sp³-hybridized carbons (Fsp3) is 0.500. The molecule has 1 aromatic heterocycles. The van der Waals surface area contributed by atoms with Gasteiger partial charge in [-0.2, -0.15) is 0 Å². The summed E-state index contributed by atoms with van der Waals surface area (Å²) in [6, 6.07) is 14.6. The van der Waals surface area contributed by atoms with Gasteiger partial charge in [0.15, 0.2) is 5.76 Å². The number of aryl methyl sites for hydroxylation is 1. The molecule has 2 saturated heterocycles. The Morgan fingerprint density at radius 1 is 1.04 bits per heavy atom. The van der Waals surface area contributed by atoms with Crippen molar-refractivity contribution >= 4 is 11.6 Å². The van der Waals surface area contributed by atoms with Crippen molar-refractivity contribution in [3.8, 4) is 0 Å². The van der Waals surface area contributed by atoms with Crippen molar-refractivity contribution in [2.24, 2.45) is 5.92 Å². The van der Waals surface area contributed by atoms with E-state index in [-0.39, 0.29) is 5.92 Å². The fourth-order valence-corrected chi connectivity index (χ4v) is 4.36. The highest BCUT2D eigenvalue weighted by Crippen LogP contribution is 2.19. The molecule has 0 aliphatic carbocycles. The molecule has 144 valence electrons. The molecular weight excluding hydrogens is 338 g/mol. The second kappa shape index (κ2) is 8.17. The number of anilines is 1. The van der Waals surface area contributed by atoms with Gasteiger partial charge in [-0.1, -0.05) is 18.2 Å². The number of para-hydroxylation sites is 1. The van der Waals surface area contributed by atoms with E-state index in [1.807, 2.05) is 19.1 Å². The van der Waals surface area contributed by atoms with E-state index in [0.717, 1.165) is 70.2 Å². The Morgan fingerprint density at radius 2 is 1.74 bits per heavy atom. The largest absolute Gasteiger partial charge is 0.460 e. The van der Waals surface area contributed by atoms with Crippen LogP contribution >= 0.6 is 0 Å². The molecule has 27 heavy (non-hydrogen) atoms. The topological polar surface area (TPSA) is 41.1 Å². The SMILES string of the molecule is Cc1ccc(C[NH+]2CCC(C(=O)N3CCN(c4ccccc4)CC3)CC2)o1. The predicted octanol–water partition coefficient (Wildman–Crippen LogP) is 1.73. The molecule has 0 atom stereocenters. The predicted molar refractivity (Wildman–Crippen MR) is 106 cm³/mol. The normalized spacial score (nSPS) is 23.4. The third kappa shape index (κ3) is 4.35. The number of piperazine rings is 1. The number of furan rings is 1. The molecule has 2 aromatic rings. The molecule has 1 aromatic carbocycles. The average Bonchev–Trinajstić information content (AvgIpc) is 3.13. The summed E-state index contributed by atoms with van der Waals surface area (Å²) in [5, 5.41) is 0. The molecule has 4 rings (SSSR count). The zero-order chi connectivity index (χ0) is 18.6. The molecule has 2 aliphatic rings. The van der Waals surface area contributed by atoms with Crippen molar-refractivity contribution in [2.45, 2.75) is 26.3 Å². The van der Waals surface area contributed by atoms with Crippen molar-refractivity contribution in [2.75, 3.05) is 44.2 Å². The Hall–Kier alpha value is -2.27. The minimum atomic E-state index is 0.204. The quantitative estimate of drug-likeness (QED) is 0.894. The lowest BCUT2D eigenvalue weighted by Crippen LogP contribution is -3.11. The maximum Gasteiger partial charge on any atom is 0.226 e. The Kier molecular flexibility index (Phi) is 5.48. The third-order valence-corrected chi connectivity index (χ3v) is 5.97. The van der Waals surface area contributed by atoms with Gasteiger partial charge in [0.05, 0.1) is 13.1 Å². The third-order valence-electron chi connectivity index (χ3n) is 5.97. The lowest BCUT2D eigenvalue weighted by Gasteiger charge is -2.38. The number of rotatable bonds is 4. The van der Waals surface area contributed by atoms with Crippen molar-refractivity contribution in [3.63, 3.8) is 0 Å². The van der Waals surface area contributed by atoms with E-state index < -0.39 is 0 Å². The summed E-state index contributed by atoms with van der Waals surface area (Å²) in [5.41, 5.74) is 1.26. The summed E-state index contributed by atoms with van der Waals surface area (Å²) in [5.74, 6) is 2.61. The van der Waals surface area contributed by atoms with Crippen LogP contribution in [-0.4, -0.2) is 50.1 Å². The molecular formula is C22H30N3O2+. The number of hydrogen-bond acceptors (Lipinski definition) is 3. The van der Waals surface area contributed by atoms with Crippen LogP contribution in [0.4, 0.5) is 5.69 Å². The number of carbonyl (C=O) groups excluding carboxylic acids is 1. The lowest BCUT2D eigenvalue weighted by atomic mass is 9.95. The van der Waals surface area contributed by atoms with Crippen LogP contribution in [0.15, 0.2) is 46.9 Å². The minimum absolute atomic E-state index is 0.204. The monoisotopic (exact) mass is 368 g/mol. The lowest BCUT2D eigenvalue weighted by molar-refractivity contribution is -0.920. The van der Waals surface area contributed by atoms with Crippen molar-refractivity contribution in [1.29, 1.82) is 0 Å². The van der Waals surface area contributed by atoms with E-state index in [1.54, 1.807) is 0 Å². The van der Waals surface area contributed by atoms with Gasteiger partial charge in [0.25, 0.3) is 0 Å². The fourth-order valence-electron chi connectivity index (χ4n) is 4.36. The van der Waals surface area contributed by atoms with Gasteiger partial charge in [0.1, 0.15) is 12.3 Å². The molecule has 3 heterocycles. The molecule has 1 amide bonds. The van der Waals surface area contributed by atoms with E-state index in [2.05, 4.69) is 40.1 Å². The molecule has 5 nitrogen and oxygen atoms in total. The smallest absolute Gasteiger partial charge is 0.226 e. The summed E-state index contributed by atoms with van der Waals surface area (Å²) in [7, 11) is 0. The van der Waals surface area contributed by atoms with E-state index >= 15 is 0 Å². The van der Waals surface area contributed by atoms with Gasteiger partial charge in [-0.05, 0) is 31.2 Å². The number of nitrogens with zero attached hydrogens (tertiary/aromatic N) is 2. The maximum atomic E-state index is 12.9. The number of nitrogens with one attached hydrogen (secondary N) is 1. The number of likely N-dealkylation sites (tertiary alicyclic amines) is 1. The van der Waals surface area contributed by atoms with E-state index in [4.69, 9.17) is 4.42 Å². The van der Waals surface area contributed by atoms with Gasteiger partial charge in [0, 0.05) is 50.6 Å². The van der Waals surface area contributed by atoms with Crippen LogP contribution in [0.3, 0.4) is 0 Å². The first-order valence-electron chi connectivity index (χ1n) is 10.2. The van der Waals surface area contributed by atoms with Crippen molar-refractivity contribution in [1.82, 2.24) is 4.90 Å². The van der Waals surface area contributed by atoms with Crippen LogP contribution in [0.25, 0.3) is 0 Å². The van der Waals surface area contributed by atoms with Crippen molar-refractivity contribution < 1.29 is 14.1 Å². The molecule has 0 bridgehead atoms. The van der Waals surface area contributed by atoms with Crippen LogP contribution in [-0.2, 0) is 11.3 Å². The van der Waals surface area contributed by atoms with Crippen LogP contribution in [0.5, 0.6) is 0 Å². The second-order valence-electron chi connectivity index (χ2n) is 7.86. The Morgan fingerprint density at radius 3 is 2.37 bits per heavy atom. The molecule has 5 heteroatoms. The minimum Gasteiger partial charge on any atom is -0.460 e. The zero-order valence-electron chi connectivity index (χ0n) is 16.2. The van der Waals surface area contributed by atoms with Gasteiger partial charge in [-0.3, -0.25) is 4.79 Å². The first kappa shape index (κ1) is 18.1. The molecule has 2 aliphatic heterocycles. The number of quaternary nitrogens is 1. The molecule has 1 N–H and O–H groups in total. The van der Waals surface area contributed by atoms with Gasteiger partial charge in [-0.15, -0.1) is 0 Å². The van der Waals surface area contributed by atoms with Gasteiger partial charge in [0.2, 0.25) is 5.91 Å². The molecule has 0 spiro atoms. The van der Waals surface area contributed by atoms with Crippen LogP contribution < -0.4 is 9.80 Å².